The fourth-order valence-corrected chi connectivity index (χ4v) is 5.07. The number of aliphatic hydroxyl groups excluding tert-OH is 1. The van der Waals surface area contributed by atoms with Crippen LogP contribution in [-0.4, -0.2) is 19.3 Å². The van der Waals surface area contributed by atoms with Gasteiger partial charge in [0.1, 0.15) is 0 Å². The second-order valence-corrected chi connectivity index (χ2v) is 9.11. The molecule has 3 aromatic carbocycles. The monoisotopic (exact) mass is 472 g/mol. The summed E-state index contributed by atoms with van der Waals surface area (Å²) in [5, 5.41) is 9.66. The van der Waals surface area contributed by atoms with Crippen LogP contribution in [0.4, 0.5) is 0 Å². The lowest BCUT2D eigenvalue weighted by atomic mass is 9.66. The molecule has 0 aliphatic rings. The number of hydrogen-bond donors (Lipinski definition) is 1. The lowest BCUT2D eigenvalue weighted by molar-refractivity contribution is 0.0982. The van der Waals surface area contributed by atoms with E-state index >= 15 is 0 Å². The zero-order valence-corrected chi connectivity index (χ0v) is 21.3. The standard InChI is InChI=1S/C32H40O3/c1-34-30(31(33)35-2)25-17-6-4-3-5-7-18-26-32(27-19-11-8-12-20-27,28-21-13-9-14-22-28)29-23-15-10-16-24-29/h8-16,19-24,33H,3-7,17-18,25-26H2,1-2H3. The van der Waals surface area contributed by atoms with Gasteiger partial charge in [0, 0.05) is 11.8 Å². The number of benzene rings is 3. The molecule has 3 rings (SSSR count). The molecule has 0 saturated carbocycles. The van der Waals surface area contributed by atoms with Gasteiger partial charge >= 0.3 is 5.95 Å². The third kappa shape index (κ3) is 7.14. The van der Waals surface area contributed by atoms with Crippen molar-refractivity contribution < 1.29 is 14.6 Å². The van der Waals surface area contributed by atoms with Crippen LogP contribution in [0.2, 0.25) is 0 Å². The topological polar surface area (TPSA) is 38.7 Å². The lowest BCUT2D eigenvalue weighted by Gasteiger charge is -2.36. The predicted octanol–water partition coefficient (Wildman–Crippen LogP) is 8.55. The van der Waals surface area contributed by atoms with Crippen LogP contribution in [0.5, 0.6) is 0 Å². The summed E-state index contributed by atoms with van der Waals surface area (Å²) < 4.78 is 10.1. The van der Waals surface area contributed by atoms with Crippen molar-refractivity contribution in [3.05, 3.63) is 119 Å². The lowest BCUT2D eigenvalue weighted by Crippen LogP contribution is -2.29. The zero-order chi connectivity index (χ0) is 24.8. The van der Waals surface area contributed by atoms with Crippen molar-refractivity contribution in [1.29, 1.82) is 0 Å². The average molecular weight is 473 g/mol. The van der Waals surface area contributed by atoms with E-state index in [1.54, 1.807) is 7.11 Å². The van der Waals surface area contributed by atoms with Crippen molar-refractivity contribution in [2.45, 2.75) is 63.2 Å². The van der Waals surface area contributed by atoms with Crippen LogP contribution in [-0.2, 0) is 14.9 Å². The molecule has 0 aliphatic carbocycles. The van der Waals surface area contributed by atoms with E-state index in [1.165, 1.54) is 55.9 Å². The van der Waals surface area contributed by atoms with Crippen molar-refractivity contribution in [3.63, 3.8) is 0 Å². The second-order valence-electron chi connectivity index (χ2n) is 9.11. The van der Waals surface area contributed by atoms with Crippen LogP contribution in [0.3, 0.4) is 0 Å². The molecule has 1 N–H and O–H groups in total. The molecule has 0 spiro atoms. The van der Waals surface area contributed by atoms with E-state index in [-0.39, 0.29) is 11.4 Å². The molecule has 35 heavy (non-hydrogen) atoms. The molecule has 0 radical (unpaired) electrons. The van der Waals surface area contributed by atoms with Gasteiger partial charge in [-0.2, -0.15) is 0 Å². The summed E-state index contributed by atoms with van der Waals surface area (Å²) in [6.45, 7) is 0. The molecule has 0 aliphatic heterocycles. The van der Waals surface area contributed by atoms with Crippen LogP contribution in [0.15, 0.2) is 103 Å². The summed E-state index contributed by atoms with van der Waals surface area (Å²) in [6, 6.07) is 33.0. The Morgan fingerprint density at radius 3 is 1.37 bits per heavy atom. The number of rotatable bonds is 15. The quantitative estimate of drug-likeness (QED) is 0.137. The highest BCUT2D eigenvalue weighted by Crippen LogP contribution is 2.43. The van der Waals surface area contributed by atoms with Crippen molar-refractivity contribution in [3.8, 4) is 0 Å². The molecule has 0 atom stereocenters. The molecule has 0 unspecified atom stereocenters. The van der Waals surface area contributed by atoms with E-state index in [4.69, 9.17) is 9.47 Å². The maximum atomic E-state index is 9.66. The molecule has 186 valence electrons. The number of aliphatic hydroxyl groups is 1. The van der Waals surface area contributed by atoms with Gasteiger partial charge in [0.15, 0.2) is 5.76 Å². The maximum Gasteiger partial charge on any atom is 0.316 e. The normalized spacial score (nSPS) is 12.2. The maximum absolute atomic E-state index is 9.66. The Bertz CT molecular complexity index is 900. The van der Waals surface area contributed by atoms with E-state index in [1.807, 2.05) is 0 Å². The minimum Gasteiger partial charge on any atom is -0.494 e. The molecule has 0 bridgehead atoms. The Labute approximate surface area is 211 Å². The van der Waals surface area contributed by atoms with Crippen LogP contribution < -0.4 is 0 Å². The highest BCUT2D eigenvalue weighted by atomic mass is 16.6. The summed E-state index contributed by atoms with van der Waals surface area (Å²) in [4.78, 5) is 0. The van der Waals surface area contributed by atoms with E-state index in [2.05, 4.69) is 91.0 Å². The van der Waals surface area contributed by atoms with Crippen molar-refractivity contribution in [2.75, 3.05) is 14.2 Å². The van der Waals surface area contributed by atoms with Crippen molar-refractivity contribution in [2.24, 2.45) is 0 Å². The minimum atomic E-state index is -0.143. The van der Waals surface area contributed by atoms with Gasteiger partial charge in [0.25, 0.3) is 0 Å². The number of hydrogen-bond acceptors (Lipinski definition) is 3. The van der Waals surface area contributed by atoms with Crippen LogP contribution in [0, 0.1) is 0 Å². The predicted molar refractivity (Wildman–Crippen MR) is 144 cm³/mol. The average Bonchev–Trinajstić information content (AvgIpc) is 2.93. The van der Waals surface area contributed by atoms with E-state index < -0.39 is 0 Å². The number of unbranched alkanes of at least 4 members (excludes halogenated alkanes) is 6. The zero-order valence-electron chi connectivity index (χ0n) is 21.3. The number of methoxy groups -OCH3 is 2. The fourth-order valence-electron chi connectivity index (χ4n) is 5.07. The van der Waals surface area contributed by atoms with Gasteiger partial charge < -0.3 is 14.6 Å². The van der Waals surface area contributed by atoms with Gasteiger partial charge in [-0.1, -0.05) is 130 Å². The van der Waals surface area contributed by atoms with Crippen LogP contribution in [0.25, 0.3) is 0 Å². The first-order valence-corrected chi connectivity index (χ1v) is 12.9. The highest BCUT2D eigenvalue weighted by Gasteiger charge is 2.35. The Kier molecular flexibility index (Phi) is 10.8. The van der Waals surface area contributed by atoms with Crippen molar-refractivity contribution in [1.82, 2.24) is 0 Å². The summed E-state index contributed by atoms with van der Waals surface area (Å²) in [7, 11) is 3.03. The van der Waals surface area contributed by atoms with Gasteiger partial charge in [-0.3, -0.25) is 0 Å². The van der Waals surface area contributed by atoms with Crippen LogP contribution >= 0.6 is 0 Å². The first kappa shape index (κ1) is 26.4. The summed E-state index contributed by atoms with van der Waals surface area (Å²) in [5.41, 5.74) is 3.94. The molecule has 3 nitrogen and oxygen atoms in total. The minimum absolute atomic E-state index is 0.105. The van der Waals surface area contributed by atoms with E-state index in [0.717, 1.165) is 19.3 Å². The Morgan fingerprint density at radius 1 is 0.571 bits per heavy atom. The van der Waals surface area contributed by atoms with Gasteiger partial charge in [-0.25, -0.2) is 0 Å². The summed E-state index contributed by atoms with van der Waals surface area (Å²) in [6.07, 6.45) is 10.0. The Balaban J connectivity index is 1.60. The summed E-state index contributed by atoms with van der Waals surface area (Å²) in [5.74, 6) is 0.429. The smallest absolute Gasteiger partial charge is 0.316 e. The Morgan fingerprint density at radius 2 is 0.971 bits per heavy atom. The number of ether oxygens (including phenoxy) is 2. The SMILES string of the molecule is COC(O)=C(CCCCCCCCCC(c1ccccc1)(c1ccccc1)c1ccccc1)OC. The molecule has 3 aromatic rings. The third-order valence-corrected chi connectivity index (χ3v) is 6.93. The third-order valence-electron chi connectivity index (χ3n) is 6.93. The molecule has 0 aromatic heterocycles. The number of allylic oxidation sites excluding steroid dienone is 1. The molecule has 0 fully saturated rings. The van der Waals surface area contributed by atoms with Gasteiger partial charge in [0.2, 0.25) is 0 Å². The molecule has 3 heteroatoms. The Hall–Kier alpha value is -3.20. The molecular weight excluding hydrogens is 432 g/mol. The molecule has 0 saturated heterocycles. The molecular formula is C32H40O3. The van der Waals surface area contributed by atoms with Crippen LogP contribution in [0.1, 0.15) is 74.5 Å². The van der Waals surface area contributed by atoms with Gasteiger partial charge in [-0.05, 0) is 29.5 Å². The van der Waals surface area contributed by atoms with Gasteiger partial charge in [-0.15, -0.1) is 0 Å². The molecule has 0 amide bonds. The first-order valence-electron chi connectivity index (χ1n) is 12.9. The highest BCUT2D eigenvalue weighted by molar-refractivity contribution is 5.50. The first-order chi connectivity index (χ1) is 17.2. The second kappa shape index (κ2) is 14.3. The largest absolute Gasteiger partial charge is 0.494 e. The van der Waals surface area contributed by atoms with Crippen molar-refractivity contribution >= 4 is 0 Å². The summed E-state index contributed by atoms with van der Waals surface area (Å²) >= 11 is 0. The van der Waals surface area contributed by atoms with Gasteiger partial charge in [0.05, 0.1) is 14.2 Å². The molecule has 0 heterocycles. The van der Waals surface area contributed by atoms with E-state index in [9.17, 15) is 5.11 Å². The fraction of sp³-hybridized carbons (Fsp3) is 0.375. The van der Waals surface area contributed by atoms with E-state index in [0.29, 0.717) is 12.2 Å².